The Morgan fingerprint density at radius 1 is 1.32 bits per heavy atom. The zero-order chi connectivity index (χ0) is 20.5. The molecule has 28 heavy (non-hydrogen) atoms. The van der Waals surface area contributed by atoms with Crippen molar-refractivity contribution in [3.05, 3.63) is 40.1 Å². The van der Waals surface area contributed by atoms with Crippen LogP contribution in [-0.4, -0.2) is 40.7 Å². The van der Waals surface area contributed by atoms with Gasteiger partial charge < -0.3 is 15.0 Å². The van der Waals surface area contributed by atoms with Crippen LogP contribution in [0, 0.1) is 17.0 Å². The van der Waals surface area contributed by atoms with Crippen molar-refractivity contribution in [1.29, 1.82) is 0 Å². The summed E-state index contributed by atoms with van der Waals surface area (Å²) >= 11 is 0. The van der Waals surface area contributed by atoms with E-state index in [1.807, 2.05) is 39.8 Å². The first-order valence-electron chi connectivity index (χ1n) is 9.43. The molecule has 0 saturated carbocycles. The van der Waals surface area contributed by atoms with E-state index in [9.17, 15) is 14.9 Å². The van der Waals surface area contributed by atoms with Gasteiger partial charge in [-0.15, -0.1) is 0 Å². The molecule has 0 radical (unpaired) electrons. The number of aryl methyl sites for hydroxylation is 1. The van der Waals surface area contributed by atoms with Crippen LogP contribution in [0.15, 0.2) is 24.3 Å². The molecule has 1 saturated heterocycles. The van der Waals surface area contributed by atoms with Crippen molar-refractivity contribution in [3.8, 4) is 0 Å². The van der Waals surface area contributed by atoms with Crippen molar-refractivity contribution in [1.82, 2.24) is 10.3 Å². The average Bonchev–Trinajstić information content (AvgIpc) is 2.59. The van der Waals surface area contributed by atoms with E-state index < -0.39 is 16.6 Å². The first-order chi connectivity index (χ1) is 13.1. The van der Waals surface area contributed by atoms with Gasteiger partial charge in [-0.3, -0.25) is 10.1 Å². The van der Waals surface area contributed by atoms with Crippen LogP contribution in [0.5, 0.6) is 0 Å². The molecule has 8 nitrogen and oxygen atoms in total. The van der Waals surface area contributed by atoms with Gasteiger partial charge in [-0.1, -0.05) is 12.1 Å². The lowest BCUT2D eigenvalue weighted by atomic mass is 10.0. The Bertz CT molecular complexity index is 899. The van der Waals surface area contributed by atoms with E-state index >= 15 is 0 Å². The van der Waals surface area contributed by atoms with Crippen LogP contribution in [0.25, 0.3) is 10.9 Å². The minimum Gasteiger partial charge on any atom is -0.444 e. The summed E-state index contributed by atoms with van der Waals surface area (Å²) in [6, 6.07) is 7.06. The van der Waals surface area contributed by atoms with Gasteiger partial charge in [0.15, 0.2) is 5.52 Å². The number of non-ortho nitro benzene ring substituents is 1. The quantitative estimate of drug-likeness (QED) is 0.634. The monoisotopic (exact) mass is 386 g/mol. The summed E-state index contributed by atoms with van der Waals surface area (Å²) in [6.45, 7) is 8.83. The van der Waals surface area contributed by atoms with Gasteiger partial charge >= 0.3 is 6.09 Å². The molecule has 1 aliphatic rings. The van der Waals surface area contributed by atoms with Gasteiger partial charge in [0.25, 0.3) is 5.69 Å². The number of piperidine rings is 1. The standard InChI is InChI=1S/C20H26N4O4/c1-13-12-17(15-6-5-7-16(24(26)27)18(15)21-13)23-10-8-14(9-11-23)22-19(25)28-20(2,3)4/h5-7,12,14H,8-11H2,1-4H3,(H,22,25). The van der Waals surface area contributed by atoms with Crippen molar-refractivity contribution >= 4 is 28.4 Å². The Labute approximate surface area is 164 Å². The molecule has 0 spiro atoms. The molecular formula is C20H26N4O4. The van der Waals surface area contributed by atoms with Crippen LogP contribution in [0.3, 0.4) is 0 Å². The highest BCUT2D eigenvalue weighted by atomic mass is 16.6. The topological polar surface area (TPSA) is 97.6 Å². The fourth-order valence-electron chi connectivity index (χ4n) is 3.49. The number of ether oxygens (including phenoxy) is 1. The highest BCUT2D eigenvalue weighted by Gasteiger charge is 2.25. The van der Waals surface area contributed by atoms with Gasteiger partial charge in [-0.2, -0.15) is 0 Å². The molecule has 0 aliphatic carbocycles. The van der Waals surface area contributed by atoms with Crippen LogP contribution in [-0.2, 0) is 4.74 Å². The van der Waals surface area contributed by atoms with Crippen molar-refractivity contribution in [2.45, 2.75) is 52.2 Å². The number of amides is 1. The maximum atomic E-state index is 12.0. The molecular weight excluding hydrogens is 360 g/mol. The second-order valence-electron chi connectivity index (χ2n) is 8.12. The fraction of sp³-hybridized carbons (Fsp3) is 0.500. The smallest absolute Gasteiger partial charge is 0.407 e. The highest BCUT2D eigenvalue weighted by molar-refractivity contribution is 5.97. The molecule has 2 aromatic rings. The second-order valence-corrected chi connectivity index (χ2v) is 8.12. The van der Waals surface area contributed by atoms with Gasteiger partial charge in [0.2, 0.25) is 0 Å². The molecule has 0 bridgehead atoms. The number of nitro groups is 1. The highest BCUT2D eigenvalue weighted by Crippen LogP contribution is 2.33. The number of benzene rings is 1. The molecule has 8 heteroatoms. The van der Waals surface area contributed by atoms with Gasteiger partial charge in [0, 0.05) is 42.0 Å². The van der Waals surface area contributed by atoms with E-state index in [1.165, 1.54) is 6.07 Å². The minimum atomic E-state index is -0.521. The van der Waals surface area contributed by atoms with E-state index in [2.05, 4.69) is 15.2 Å². The molecule has 1 N–H and O–H groups in total. The van der Waals surface area contributed by atoms with Crippen molar-refractivity contribution < 1.29 is 14.5 Å². The number of hydrogen-bond acceptors (Lipinski definition) is 6. The molecule has 2 heterocycles. The SMILES string of the molecule is Cc1cc(N2CCC(NC(=O)OC(C)(C)C)CC2)c2cccc([N+](=O)[O-])c2n1. The van der Waals surface area contributed by atoms with E-state index in [4.69, 9.17) is 4.74 Å². The number of hydrogen-bond donors (Lipinski definition) is 1. The Kier molecular flexibility index (Phi) is 5.40. The summed E-state index contributed by atoms with van der Waals surface area (Å²) in [7, 11) is 0. The van der Waals surface area contributed by atoms with Gasteiger partial charge in [-0.25, -0.2) is 9.78 Å². The summed E-state index contributed by atoms with van der Waals surface area (Å²) in [5.74, 6) is 0. The van der Waals surface area contributed by atoms with E-state index in [-0.39, 0.29) is 11.7 Å². The first-order valence-corrected chi connectivity index (χ1v) is 9.43. The van der Waals surface area contributed by atoms with Gasteiger partial charge in [0.05, 0.1) is 4.92 Å². The third-order valence-electron chi connectivity index (χ3n) is 4.68. The number of alkyl carbamates (subject to hydrolysis) is 1. The fourth-order valence-corrected chi connectivity index (χ4v) is 3.49. The Morgan fingerprint density at radius 2 is 2.00 bits per heavy atom. The predicted molar refractivity (Wildman–Crippen MR) is 108 cm³/mol. The predicted octanol–water partition coefficient (Wildman–Crippen LogP) is 3.94. The molecule has 0 unspecified atom stereocenters. The summed E-state index contributed by atoms with van der Waals surface area (Å²) in [5, 5.41) is 15.1. The van der Waals surface area contributed by atoms with E-state index in [0.29, 0.717) is 5.52 Å². The number of pyridine rings is 1. The molecule has 1 aromatic carbocycles. The number of carbonyl (C=O) groups is 1. The maximum absolute atomic E-state index is 12.0. The third kappa shape index (κ3) is 4.49. The number of para-hydroxylation sites is 1. The summed E-state index contributed by atoms with van der Waals surface area (Å²) in [4.78, 5) is 29.5. The largest absolute Gasteiger partial charge is 0.444 e. The molecule has 3 rings (SSSR count). The molecule has 1 aliphatic heterocycles. The summed E-state index contributed by atoms with van der Waals surface area (Å²) < 4.78 is 5.33. The number of aromatic nitrogens is 1. The summed E-state index contributed by atoms with van der Waals surface area (Å²) in [6.07, 6.45) is 1.15. The lowest BCUT2D eigenvalue weighted by Crippen LogP contribution is -2.46. The van der Waals surface area contributed by atoms with Gasteiger partial charge in [-0.05, 0) is 46.6 Å². The van der Waals surface area contributed by atoms with Crippen LogP contribution in [0.1, 0.15) is 39.3 Å². The molecule has 150 valence electrons. The Hall–Kier alpha value is -2.90. The first kappa shape index (κ1) is 19.9. The van der Waals surface area contributed by atoms with Crippen LogP contribution >= 0.6 is 0 Å². The normalized spacial score (nSPS) is 15.5. The van der Waals surface area contributed by atoms with E-state index in [0.717, 1.165) is 42.7 Å². The van der Waals surface area contributed by atoms with Crippen molar-refractivity contribution in [2.24, 2.45) is 0 Å². The third-order valence-corrected chi connectivity index (χ3v) is 4.68. The number of nitrogens with one attached hydrogen (secondary N) is 1. The van der Waals surface area contributed by atoms with Crippen LogP contribution in [0.4, 0.5) is 16.2 Å². The zero-order valence-electron chi connectivity index (χ0n) is 16.7. The maximum Gasteiger partial charge on any atom is 0.407 e. The lowest BCUT2D eigenvalue weighted by Gasteiger charge is -2.35. The van der Waals surface area contributed by atoms with Crippen LogP contribution in [0.2, 0.25) is 0 Å². The summed E-state index contributed by atoms with van der Waals surface area (Å²) in [5.41, 5.74) is 1.60. The molecule has 1 amide bonds. The number of nitro benzene ring substituents is 1. The second kappa shape index (κ2) is 7.61. The average molecular weight is 386 g/mol. The van der Waals surface area contributed by atoms with E-state index in [1.54, 1.807) is 6.07 Å². The van der Waals surface area contributed by atoms with Gasteiger partial charge in [0.1, 0.15) is 5.60 Å². The number of fused-ring (bicyclic) bond motifs is 1. The zero-order valence-corrected chi connectivity index (χ0v) is 16.7. The lowest BCUT2D eigenvalue weighted by molar-refractivity contribution is -0.383. The molecule has 0 atom stereocenters. The molecule has 1 aromatic heterocycles. The Morgan fingerprint density at radius 3 is 2.61 bits per heavy atom. The minimum absolute atomic E-state index is 0.0175. The van der Waals surface area contributed by atoms with Crippen molar-refractivity contribution in [3.63, 3.8) is 0 Å². The molecule has 1 fully saturated rings. The Balaban J connectivity index is 1.76. The number of rotatable bonds is 3. The van der Waals surface area contributed by atoms with Crippen LogP contribution < -0.4 is 10.2 Å². The van der Waals surface area contributed by atoms with Crippen molar-refractivity contribution in [2.75, 3.05) is 18.0 Å². The number of anilines is 1. The number of carbonyl (C=O) groups excluding carboxylic acids is 1. The number of nitrogens with zero attached hydrogens (tertiary/aromatic N) is 3.